The minimum absolute atomic E-state index is 0.000157. The molecule has 2 aromatic rings. The van der Waals surface area contributed by atoms with E-state index in [-0.39, 0.29) is 11.9 Å². The zero-order chi connectivity index (χ0) is 14.8. The van der Waals surface area contributed by atoms with Crippen LogP contribution >= 0.6 is 15.9 Å². The third kappa shape index (κ3) is 3.15. The molecule has 21 heavy (non-hydrogen) atoms. The molecule has 1 aromatic heterocycles. The Morgan fingerprint density at radius 3 is 2.90 bits per heavy atom. The van der Waals surface area contributed by atoms with Gasteiger partial charge in [0.2, 0.25) is 5.91 Å². The highest BCUT2D eigenvalue weighted by atomic mass is 79.9. The maximum Gasteiger partial charge on any atom is 0.224 e. The summed E-state index contributed by atoms with van der Waals surface area (Å²) in [6.45, 7) is 2.90. The van der Waals surface area contributed by atoms with Gasteiger partial charge < -0.3 is 9.88 Å². The molecular formula is C15H17BrN4O. The summed E-state index contributed by atoms with van der Waals surface area (Å²) in [5.74, 6) is 1.88. The van der Waals surface area contributed by atoms with E-state index in [1.165, 1.54) is 0 Å². The number of aryl methyl sites for hydroxylation is 1. The summed E-state index contributed by atoms with van der Waals surface area (Å²) in [6.07, 6.45) is 2.46. The first-order valence-electron chi connectivity index (χ1n) is 7.09. The zero-order valence-corrected chi connectivity index (χ0v) is 13.4. The minimum Gasteiger partial charge on any atom is -0.346 e. The molecule has 3 rings (SSSR count). The van der Waals surface area contributed by atoms with E-state index in [1.54, 1.807) is 0 Å². The molecular weight excluding hydrogens is 332 g/mol. The number of carbonyl (C=O) groups is 1. The van der Waals surface area contributed by atoms with Crippen molar-refractivity contribution >= 4 is 21.8 Å². The average Bonchev–Trinajstić information content (AvgIpc) is 3.03. The SMILES string of the molecule is C[C@H](NC(=O)Cc1ccc(Br)cc1)c1nnc2n1CCC2. The van der Waals surface area contributed by atoms with Gasteiger partial charge in [-0.15, -0.1) is 10.2 Å². The summed E-state index contributed by atoms with van der Waals surface area (Å²) in [5.41, 5.74) is 0.995. The number of nitrogens with one attached hydrogen (secondary N) is 1. The summed E-state index contributed by atoms with van der Waals surface area (Å²) in [7, 11) is 0. The third-order valence-corrected chi connectivity index (χ3v) is 4.21. The van der Waals surface area contributed by atoms with Gasteiger partial charge in [0, 0.05) is 17.4 Å². The largest absolute Gasteiger partial charge is 0.346 e. The first-order valence-corrected chi connectivity index (χ1v) is 7.88. The maximum absolute atomic E-state index is 12.1. The van der Waals surface area contributed by atoms with E-state index in [2.05, 4.69) is 36.0 Å². The number of aromatic nitrogens is 3. The first kappa shape index (κ1) is 14.3. The van der Waals surface area contributed by atoms with Crippen LogP contribution in [-0.2, 0) is 24.2 Å². The summed E-state index contributed by atoms with van der Waals surface area (Å²) in [6, 6.07) is 7.66. The first-order chi connectivity index (χ1) is 10.1. The number of hydrogen-bond donors (Lipinski definition) is 1. The maximum atomic E-state index is 12.1. The highest BCUT2D eigenvalue weighted by Gasteiger charge is 2.22. The molecule has 2 heterocycles. The second-order valence-electron chi connectivity index (χ2n) is 5.32. The van der Waals surface area contributed by atoms with Crippen molar-refractivity contribution in [2.45, 2.75) is 38.8 Å². The van der Waals surface area contributed by atoms with Crippen LogP contribution in [-0.4, -0.2) is 20.7 Å². The van der Waals surface area contributed by atoms with E-state index in [0.717, 1.165) is 41.1 Å². The Balaban J connectivity index is 1.63. The van der Waals surface area contributed by atoms with Crippen molar-refractivity contribution in [3.63, 3.8) is 0 Å². The van der Waals surface area contributed by atoms with Crippen molar-refractivity contribution in [3.8, 4) is 0 Å². The van der Waals surface area contributed by atoms with Crippen LogP contribution < -0.4 is 5.32 Å². The molecule has 1 N–H and O–H groups in total. The molecule has 1 aliphatic heterocycles. The lowest BCUT2D eigenvalue weighted by atomic mass is 10.1. The Morgan fingerprint density at radius 1 is 1.38 bits per heavy atom. The molecule has 0 spiro atoms. The topological polar surface area (TPSA) is 59.8 Å². The van der Waals surface area contributed by atoms with E-state index in [4.69, 9.17) is 0 Å². The normalized spacial score (nSPS) is 14.8. The molecule has 0 fully saturated rings. The lowest BCUT2D eigenvalue weighted by molar-refractivity contribution is -0.121. The molecule has 0 saturated heterocycles. The summed E-state index contributed by atoms with van der Waals surface area (Å²) in [5, 5.41) is 11.4. The van der Waals surface area contributed by atoms with Gasteiger partial charge in [-0.3, -0.25) is 4.79 Å². The van der Waals surface area contributed by atoms with Crippen molar-refractivity contribution in [1.29, 1.82) is 0 Å². The monoisotopic (exact) mass is 348 g/mol. The van der Waals surface area contributed by atoms with Crippen LogP contribution in [0.1, 0.15) is 36.6 Å². The molecule has 110 valence electrons. The summed E-state index contributed by atoms with van der Waals surface area (Å²) in [4.78, 5) is 12.1. The second kappa shape index (κ2) is 5.97. The van der Waals surface area contributed by atoms with Gasteiger partial charge in [-0.05, 0) is 31.0 Å². The van der Waals surface area contributed by atoms with Crippen molar-refractivity contribution in [3.05, 3.63) is 46.0 Å². The smallest absolute Gasteiger partial charge is 0.224 e. The fourth-order valence-electron chi connectivity index (χ4n) is 2.64. The second-order valence-corrected chi connectivity index (χ2v) is 6.24. The number of amides is 1. The number of nitrogens with zero attached hydrogens (tertiary/aromatic N) is 3. The Hall–Kier alpha value is -1.69. The molecule has 0 bridgehead atoms. The lowest BCUT2D eigenvalue weighted by Gasteiger charge is -2.14. The van der Waals surface area contributed by atoms with Crippen LogP contribution in [0.3, 0.4) is 0 Å². The number of halogens is 1. The number of rotatable bonds is 4. The Morgan fingerprint density at radius 2 is 2.14 bits per heavy atom. The molecule has 0 radical (unpaired) electrons. The van der Waals surface area contributed by atoms with Crippen LogP contribution in [0.25, 0.3) is 0 Å². The number of carbonyl (C=O) groups excluding carboxylic acids is 1. The van der Waals surface area contributed by atoms with E-state index in [0.29, 0.717) is 6.42 Å². The van der Waals surface area contributed by atoms with E-state index in [9.17, 15) is 4.79 Å². The van der Waals surface area contributed by atoms with Gasteiger partial charge in [-0.1, -0.05) is 28.1 Å². The van der Waals surface area contributed by atoms with E-state index in [1.807, 2.05) is 31.2 Å². The molecule has 1 amide bonds. The van der Waals surface area contributed by atoms with Gasteiger partial charge in [0.05, 0.1) is 12.5 Å². The van der Waals surface area contributed by atoms with Crippen LogP contribution in [0.5, 0.6) is 0 Å². The zero-order valence-electron chi connectivity index (χ0n) is 11.8. The van der Waals surface area contributed by atoms with Gasteiger partial charge in [-0.25, -0.2) is 0 Å². The van der Waals surface area contributed by atoms with Gasteiger partial charge in [0.1, 0.15) is 5.82 Å². The van der Waals surface area contributed by atoms with Crippen molar-refractivity contribution in [2.24, 2.45) is 0 Å². The van der Waals surface area contributed by atoms with Crippen molar-refractivity contribution in [1.82, 2.24) is 20.1 Å². The van der Waals surface area contributed by atoms with Gasteiger partial charge in [0.15, 0.2) is 5.82 Å². The molecule has 1 aliphatic rings. The number of benzene rings is 1. The molecule has 1 aromatic carbocycles. The van der Waals surface area contributed by atoms with Crippen molar-refractivity contribution in [2.75, 3.05) is 0 Å². The molecule has 0 saturated carbocycles. The molecule has 1 atom stereocenters. The molecule has 5 nitrogen and oxygen atoms in total. The van der Waals surface area contributed by atoms with Gasteiger partial charge in [-0.2, -0.15) is 0 Å². The number of hydrogen-bond acceptors (Lipinski definition) is 3. The standard InChI is InChI=1S/C15H17BrN4O/c1-10(15-19-18-13-3-2-8-20(13)15)17-14(21)9-11-4-6-12(16)7-5-11/h4-7,10H,2-3,8-9H2,1H3,(H,17,21)/t10-/m0/s1. The Labute approximate surface area is 131 Å². The predicted molar refractivity (Wildman–Crippen MR) is 82.7 cm³/mol. The molecule has 6 heteroatoms. The Bertz CT molecular complexity index is 650. The quantitative estimate of drug-likeness (QED) is 0.922. The van der Waals surface area contributed by atoms with Crippen LogP contribution in [0.2, 0.25) is 0 Å². The van der Waals surface area contributed by atoms with Crippen LogP contribution in [0.15, 0.2) is 28.7 Å². The van der Waals surface area contributed by atoms with Crippen LogP contribution in [0.4, 0.5) is 0 Å². The molecule has 0 aliphatic carbocycles. The minimum atomic E-state index is -0.118. The summed E-state index contributed by atoms with van der Waals surface area (Å²) < 4.78 is 3.13. The van der Waals surface area contributed by atoms with Gasteiger partial charge in [0.25, 0.3) is 0 Å². The molecule has 0 unspecified atom stereocenters. The summed E-state index contributed by atoms with van der Waals surface area (Å²) >= 11 is 3.39. The average molecular weight is 349 g/mol. The third-order valence-electron chi connectivity index (χ3n) is 3.68. The fourth-order valence-corrected chi connectivity index (χ4v) is 2.90. The van der Waals surface area contributed by atoms with Crippen molar-refractivity contribution < 1.29 is 4.79 Å². The number of fused-ring (bicyclic) bond motifs is 1. The van der Waals surface area contributed by atoms with E-state index < -0.39 is 0 Å². The van der Waals surface area contributed by atoms with Gasteiger partial charge >= 0.3 is 0 Å². The Kier molecular flexibility index (Phi) is 4.05. The van der Waals surface area contributed by atoms with Crippen LogP contribution in [0, 0.1) is 0 Å². The predicted octanol–water partition coefficient (Wildman–Crippen LogP) is 2.41. The highest BCUT2D eigenvalue weighted by molar-refractivity contribution is 9.10. The fraction of sp³-hybridized carbons (Fsp3) is 0.400. The highest BCUT2D eigenvalue weighted by Crippen LogP contribution is 2.19. The lowest BCUT2D eigenvalue weighted by Crippen LogP contribution is -2.29. The van der Waals surface area contributed by atoms with E-state index >= 15 is 0 Å².